The lowest BCUT2D eigenvalue weighted by atomic mass is 9.98. The minimum absolute atomic E-state index is 0.0277. The van der Waals surface area contributed by atoms with Gasteiger partial charge < -0.3 is 18.9 Å². The smallest absolute Gasteiger partial charge is 0.383 e. The Morgan fingerprint density at radius 1 is 0.727 bits per heavy atom. The number of alkyl halides is 2. The average molecular weight is 621 g/mol. The average Bonchev–Trinajstić information content (AvgIpc) is 3.02. The molecule has 0 N–H and O–H groups in total. The highest BCUT2D eigenvalue weighted by Crippen LogP contribution is 2.36. The lowest BCUT2D eigenvalue weighted by Gasteiger charge is -2.31. The Morgan fingerprint density at radius 3 is 2.00 bits per heavy atom. The van der Waals surface area contributed by atoms with E-state index < -0.39 is 41.5 Å². The van der Waals surface area contributed by atoms with Crippen molar-refractivity contribution in [2.45, 2.75) is 90.1 Å². The molecule has 4 rings (SSSR count). The second kappa shape index (κ2) is 16.3. The Balaban J connectivity index is 1.37. The predicted molar refractivity (Wildman–Crippen MR) is 160 cm³/mol. The Hall–Kier alpha value is -3.01. The summed E-state index contributed by atoms with van der Waals surface area (Å²) in [5.74, 6) is -3.13. The first-order valence-corrected chi connectivity index (χ1v) is 15.5. The summed E-state index contributed by atoms with van der Waals surface area (Å²) in [5.41, 5.74) is 0.220. The minimum atomic E-state index is -3.76. The molecule has 1 aliphatic rings. The second-order valence-electron chi connectivity index (χ2n) is 11.1. The largest absolute Gasteiger partial charge is 0.490 e. The van der Waals surface area contributed by atoms with Crippen LogP contribution in [0.4, 0.5) is 22.0 Å². The lowest BCUT2D eigenvalue weighted by molar-refractivity contribution is -0.319. The van der Waals surface area contributed by atoms with Gasteiger partial charge in [-0.05, 0) is 54.7 Å². The van der Waals surface area contributed by atoms with E-state index in [-0.39, 0.29) is 30.1 Å². The van der Waals surface area contributed by atoms with Crippen molar-refractivity contribution in [3.05, 3.63) is 77.6 Å². The van der Waals surface area contributed by atoms with Crippen LogP contribution in [0, 0.1) is 17.5 Å². The molecule has 240 valence electrons. The molecule has 3 aromatic rings. The molecule has 44 heavy (non-hydrogen) atoms. The van der Waals surface area contributed by atoms with Crippen molar-refractivity contribution in [3.63, 3.8) is 0 Å². The molecule has 0 radical (unpaired) electrons. The van der Waals surface area contributed by atoms with Crippen LogP contribution >= 0.6 is 0 Å². The van der Waals surface area contributed by atoms with Gasteiger partial charge in [-0.1, -0.05) is 82.7 Å². The highest BCUT2D eigenvalue weighted by molar-refractivity contribution is 5.71. The number of hydrogen-bond acceptors (Lipinski definition) is 4. The number of rotatable bonds is 16. The van der Waals surface area contributed by atoms with Crippen LogP contribution < -0.4 is 4.74 Å². The van der Waals surface area contributed by atoms with Gasteiger partial charge in [-0.2, -0.15) is 13.2 Å². The summed E-state index contributed by atoms with van der Waals surface area (Å²) >= 11 is 0. The van der Waals surface area contributed by atoms with E-state index in [1.54, 1.807) is 0 Å². The van der Waals surface area contributed by atoms with Crippen LogP contribution in [0.25, 0.3) is 22.3 Å². The van der Waals surface area contributed by atoms with Crippen molar-refractivity contribution in [2.24, 2.45) is 0 Å². The molecule has 0 aromatic heterocycles. The highest BCUT2D eigenvalue weighted by atomic mass is 19.3. The lowest BCUT2D eigenvalue weighted by Crippen LogP contribution is -2.40. The van der Waals surface area contributed by atoms with Crippen LogP contribution in [0.2, 0.25) is 0 Å². The molecule has 0 bridgehead atoms. The molecule has 4 nitrogen and oxygen atoms in total. The number of ether oxygens (including phenoxy) is 4. The summed E-state index contributed by atoms with van der Waals surface area (Å²) in [6.45, 7) is 4.42. The SMILES string of the molecule is CCCCCCCOc1ccc(-c2ccc(-c3ccc(C(F)(F)OC4COC(CCCCC)OC4)cc3F)cc2)c(F)c1F. The molecule has 0 atom stereocenters. The maximum atomic E-state index is 15.1. The van der Waals surface area contributed by atoms with Crippen molar-refractivity contribution in [3.8, 4) is 28.0 Å². The van der Waals surface area contributed by atoms with Gasteiger partial charge in [0, 0.05) is 11.1 Å². The highest BCUT2D eigenvalue weighted by Gasteiger charge is 2.38. The maximum Gasteiger partial charge on any atom is 0.383 e. The fourth-order valence-electron chi connectivity index (χ4n) is 5.11. The predicted octanol–water partition coefficient (Wildman–Crippen LogP) is 10.2. The van der Waals surface area contributed by atoms with Gasteiger partial charge in [0.2, 0.25) is 5.82 Å². The van der Waals surface area contributed by atoms with Crippen molar-refractivity contribution in [2.75, 3.05) is 19.8 Å². The van der Waals surface area contributed by atoms with Gasteiger partial charge >= 0.3 is 6.11 Å². The third-order valence-electron chi connectivity index (χ3n) is 7.66. The first-order valence-electron chi connectivity index (χ1n) is 15.5. The van der Waals surface area contributed by atoms with E-state index in [0.29, 0.717) is 24.2 Å². The van der Waals surface area contributed by atoms with E-state index in [1.165, 1.54) is 42.5 Å². The first-order chi connectivity index (χ1) is 21.2. The Morgan fingerprint density at radius 2 is 1.34 bits per heavy atom. The van der Waals surface area contributed by atoms with Crippen LogP contribution in [0.3, 0.4) is 0 Å². The zero-order valence-corrected chi connectivity index (χ0v) is 25.4. The summed E-state index contributed by atoms with van der Waals surface area (Å²) in [4.78, 5) is 0. The normalized spacial score (nSPS) is 17.2. The van der Waals surface area contributed by atoms with E-state index in [9.17, 15) is 17.6 Å². The van der Waals surface area contributed by atoms with Crippen LogP contribution in [0.5, 0.6) is 5.75 Å². The number of benzene rings is 3. The van der Waals surface area contributed by atoms with E-state index in [0.717, 1.165) is 63.5 Å². The summed E-state index contributed by atoms with van der Waals surface area (Å²) in [6.07, 6.45) is 3.56. The van der Waals surface area contributed by atoms with Gasteiger partial charge in [0.1, 0.15) is 11.9 Å². The molecule has 0 saturated carbocycles. The van der Waals surface area contributed by atoms with E-state index in [2.05, 4.69) is 13.8 Å². The van der Waals surface area contributed by atoms with Crippen molar-refractivity contribution in [1.82, 2.24) is 0 Å². The molecule has 9 heteroatoms. The van der Waals surface area contributed by atoms with Gasteiger partial charge in [-0.3, -0.25) is 0 Å². The minimum Gasteiger partial charge on any atom is -0.490 e. The molecular formula is C35H41F5O4. The fourth-order valence-corrected chi connectivity index (χ4v) is 5.11. The molecule has 1 heterocycles. The summed E-state index contributed by atoms with van der Waals surface area (Å²) < 4.78 is 95.9. The molecule has 3 aromatic carbocycles. The number of halogens is 5. The van der Waals surface area contributed by atoms with Crippen molar-refractivity contribution >= 4 is 0 Å². The molecule has 1 saturated heterocycles. The summed E-state index contributed by atoms with van der Waals surface area (Å²) in [5, 5.41) is 0. The van der Waals surface area contributed by atoms with E-state index >= 15 is 4.39 Å². The van der Waals surface area contributed by atoms with Gasteiger partial charge in [-0.15, -0.1) is 0 Å². The second-order valence-corrected chi connectivity index (χ2v) is 11.1. The number of hydrogen-bond donors (Lipinski definition) is 0. The Labute approximate surface area is 256 Å². The summed E-state index contributed by atoms with van der Waals surface area (Å²) in [6, 6.07) is 12.0. The molecule has 0 amide bonds. The van der Waals surface area contributed by atoms with E-state index in [4.69, 9.17) is 18.9 Å². The summed E-state index contributed by atoms with van der Waals surface area (Å²) in [7, 11) is 0. The monoisotopic (exact) mass is 620 g/mol. The Kier molecular flexibility index (Phi) is 12.6. The number of unbranched alkanes of at least 4 members (excludes halogenated alkanes) is 6. The molecule has 1 fully saturated rings. The zero-order valence-electron chi connectivity index (χ0n) is 25.4. The van der Waals surface area contributed by atoms with Gasteiger partial charge in [-0.25, -0.2) is 8.78 Å². The molecule has 0 spiro atoms. The molecular weight excluding hydrogens is 579 g/mol. The third kappa shape index (κ3) is 9.02. The van der Waals surface area contributed by atoms with Gasteiger partial charge in [0.15, 0.2) is 17.9 Å². The van der Waals surface area contributed by atoms with Crippen molar-refractivity contribution < 1.29 is 40.9 Å². The molecule has 1 aliphatic heterocycles. The van der Waals surface area contributed by atoms with E-state index in [1.807, 2.05) is 0 Å². The topological polar surface area (TPSA) is 36.9 Å². The van der Waals surface area contributed by atoms with Crippen LogP contribution in [0.15, 0.2) is 54.6 Å². The van der Waals surface area contributed by atoms with Gasteiger partial charge in [0.05, 0.1) is 25.4 Å². The third-order valence-corrected chi connectivity index (χ3v) is 7.66. The van der Waals surface area contributed by atoms with Crippen LogP contribution in [-0.2, 0) is 20.3 Å². The first kappa shape index (κ1) is 33.9. The van der Waals surface area contributed by atoms with Crippen LogP contribution in [0.1, 0.15) is 77.2 Å². The maximum absolute atomic E-state index is 15.1. The van der Waals surface area contributed by atoms with Crippen molar-refractivity contribution in [1.29, 1.82) is 0 Å². The standard InChI is InChI=1S/C35H41F5O4/c1-3-5-7-8-10-20-41-31-19-18-29(33(37)34(31)38)25-14-12-24(13-15-25)28-17-16-26(21-30(28)36)35(39,40)44-27-22-42-32(43-23-27)11-9-6-4-2/h12-19,21,27,32H,3-11,20,22-23H2,1-2H3. The molecule has 0 unspecified atom stereocenters. The quantitative estimate of drug-likeness (QED) is 0.118. The fraction of sp³-hybridized carbons (Fsp3) is 0.486. The molecule has 0 aliphatic carbocycles. The van der Waals surface area contributed by atoms with Crippen LogP contribution in [-0.4, -0.2) is 32.2 Å². The zero-order chi connectivity index (χ0) is 31.5. The van der Waals surface area contributed by atoms with Gasteiger partial charge in [0.25, 0.3) is 0 Å². The Bertz CT molecular complexity index is 1320.